The summed E-state index contributed by atoms with van der Waals surface area (Å²) in [6.45, 7) is 2.49. The number of piperidine rings is 1. The van der Waals surface area contributed by atoms with Crippen LogP contribution in [-0.4, -0.2) is 51.9 Å². The van der Waals surface area contributed by atoms with Gasteiger partial charge in [0.05, 0.1) is 19.3 Å². The number of amides is 1. The minimum Gasteiger partial charge on any atom is -0.497 e. The number of aromatic nitrogens is 2. The van der Waals surface area contributed by atoms with Crippen LogP contribution in [0.1, 0.15) is 18.0 Å². The molecule has 0 radical (unpaired) electrons. The third-order valence-corrected chi connectivity index (χ3v) is 7.50. The maximum Gasteiger partial charge on any atom is 0.302 e. The fourth-order valence-corrected chi connectivity index (χ4v) is 5.78. The molecule has 0 aliphatic carbocycles. The minimum absolute atomic E-state index is 0.0452. The molecule has 2 unspecified atom stereocenters. The maximum absolute atomic E-state index is 12.4. The molecule has 1 fully saturated rings. The predicted molar refractivity (Wildman–Crippen MR) is 145 cm³/mol. The third kappa shape index (κ3) is 4.90. The fourth-order valence-electron chi connectivity index (χ4n) is 5.78. The van der Waals surface area contributed by atoms with Crippen LogP contribution < -0.4 is 15.0 Å². The molecule has 200 valence electrons. The van der Waals surface area contributed by atoms with E-state index in [1.54, 1.807) is 42.0 Å². The molecule has 39 heavy (non-hydrogen) atoms. The monoisotopic (exact) mass is 527 g/mol. The van der Waals surface area contributed by atoms with E-state index in [9.17, 15) is 14.7 Å². The molecular weight excluding hydrogens is 498 g/mol. The van der Waals surface area contributed by atoms with Gasteiger partial charge in [0.1, 0.15) is 11.5 Å². The van der Waals surface area contributed by atoms with Crippen LogP contribution in [0.4, 0.5) is 5.69 Å². The minimum atomic E-state index is -0.570. The maximum atomic E-state index is 12.4. The summed E-state index contributed by atoms with van der Waals surface area (Å²) in [5, 5.41) is 19.8. The highest BCUT2D eigenvalue weighted by atomic mass is 16.5. The summed E-state index contributed by atoms with van der Waals surface area (Å²) >= 11 is 0. The number of hydrogen-bond acceptors (Lipinski definition) is 7. The molecule has 4 heterocycles. The van der Waals surface area contributed by atoms with Crippen LogP contribution in [0.15, 0.2) is 81.8 Å². The number of likely N-dealkylation sites (tertiary alicyclic amines) is 1. The summed E-state index contributed by atoms with van der Waals surface area (Å²) in [6, 6.07) is 19.9. The summed E-state index contributed by atoms with van der Waals surface area (Å²) in [5.41, 5.74) is 2.19. The molecule has 2 aliphatic heterocycles. The van der Waals surface area contributed by atoms with Crippen LogP contribution in [-0.2, 0) is 18.0 Å². The van der Waals surface area contributed by atoms with Gasteiger partial charge in [0.25, 0.3) is 5.56 Å². The SMILES string of the molecule is COc1ccc(OCC(=O)N=Nc2c(O)n(CN3CC4CC(C3)c3cccc(=O)n3C4)c3ccccc23)cc1. The highest BCUT2D eigenvalue weighted by Gasteiger charge is 2.35. The molecule has 4 aromatic rings. The van der Waals surface area contributed by atoms with Crippen LogP contribution in [0.3, 0.4) is 0 Å². The van der Waals surface area contributed by atoms with E-state index in [1.165, 1.54) is 0 Å². The van der Waals surface area contributed by atoms with Gasteiger partial charge in [0.15, 0.2) is 12.3 Å². The third-order valence-electron chi connectivity index (χ3n) is 7.50. The van der Waals surface area contributed by atoms with Crippen LogP contribution in [0.25, 0.3) is 10.9 Å². The normalized spacial score (nSPS) is 18.8. The smallest absolute Gasteiger partial charge is 0.302 e. The van der Waals surface area contributed by atoms with Gasteiger partial charge in [0.2, 0.25) is 5.88 Å². The van der Waals surface area contributed by atoms with Crippen molar-refractivity contribution in [3.63, 3.8) is 0 Å². The number of rotatable bonds is 7. The van der Waals surface area contributed by atoms with Crippen molar-refractivity contribution in [2.45, 2.75) is 25.6 Å². The van der Waals surface area contributed by atoms with Gasteiger partial charge in [-0.3, -0.25) is 19.1 Å². The van der Waals surface area contributed by atoms with Crippen molar-refractivity contribution in [3.8, 4) is 17.4 Å². The van der Waals surface area contributed by atoms with Crippen molar-refractivity contribution < 1.29 is 19.4 Å². The van der Waals surface area contributed by atoms with Gasteiger partial charge in [-0.2, -0.15) is 0 Å². The summed E-state index contributed by atoms with van der Waals surface area (Å²) < 4.78 is 14.3. The molecule has 2 bridgehead atoms. The number of aromatic hydroxyl groups is 1. The first-order valence-corrected chi connectivity index (χ1v) is 12.9. The number of benzene rings is 2. The first-order chi connectivity index (χ1) is 19.0. The molecule has 10 nitrogen and oxygen atoms in total. The Hall–Kier alpha value is -4.44. The highest BCUT2D eigenvalue weighted by Crippen LogP contribution is 2.40. The van der Waals surface area contributed by atoms with E-state index in [2.05, 4.69) is 15.1 Å². The van der Waals surface area contributed by atoms with E-state index < -0.39 is 5.91 Å². The Kier molecular flexibility index (Phi) is 6.62. The molecule has 6 rings (SSSR count). The molecular formula is C29H29N5O5. The van der Waals surface area contributed by atoms with Gasteiger partial charge in [-0.1, -0.05) is 24.3 Å². The molecule has 2 aromatic heterocycles. The molecule has 1 N–H and O–H groups in total. The number of carbonyl (C=O) groups is 1. The number of hydrogen-bond donors (Lipinski definition) is 1. The van der Waals surface area contributed by atoms with E-state index in [0.717, 1.165) is 30.7 Å². The van der Waals surface area contributed by atoms with Crippen LogP contribution >= 0.6 is 0 Å². The number of para-hydroxylation sites is 1. The second-order valence-electron chi connectivity index (χ2n) is 10.1. The fraction of sp³-hybridized carbons (Fsp3) is 0.310. The number of azo groups is 1. The van der Waals surface area contributed by atoms with Gasteiger partial charge in [-0.25, -0.2) is 0 Å². The number of fused-ring (bicyclic) bond motifs is 5. The first kappa shape index (κ1) is 24.9. The van der Waals surface area contributed by atoms with Crippen molar-refractivity contribution >= 4 is 22.5 Å². The summed E-state index contributed by atoms with van der Waals surface area (Å²) in [6.07, 6.45) is 1.05. The standard InChI is InChI=1S/C29H29N5O5/c1-38-21-9-11-22(12-10-21)39-17-26(35)30-31-28-23-5-2-3-6-25(23)34(29(28)37)18-32-14-19-13-20(16-32)24-7-4-8-27(36)33(24)15-19/h2-12,19-20,37H,13-18H2,1H3. The van der Waals surface area contributed by atoms with Gasteiger partial charge in [0, 0.05) is 42.7 Å². The van der Waals surface area contributed by atoms with Crippen LogP contribution in [0.2, 0.25) is 0 Å². The zero-order valence-electron chi connectivity index (χ0n) is 21.6. The lowest BCUT2D eigenvalue weighted by Crippen LogP contribution is -2.47. The Bertz CT molecular complexity index is 1610. The summed E-state index contributed by atoms with van der Waals surface area (Å²) in [7, 11) is 1.58. The quantitative estimate of drug-likeness (QED) is 0.359. The number of carbonyl (C=O) groups excluding carboxylic acids is 1. The molecule has 0 saturated carbocycles. The van der Waals surface area contributed by atoms with E-state index in [0.29, 0.717) is 36.0 Å². The second-order valence-corrected chi connectivity index (χ2v) is 10.1. The van der Waals surface area contributed by atoms with Crippen LogP contribution in [0, 0.1) is 5.92 Å². The Morgan fingerprint density at radius 2 is 1.79 bits per heavy atom. The average Bonchev–Trinajstić information content (AvgIpc) is 3.21. The molecule has 10 heteroatoms. The topological polar surface area (TPSA) is 111 Å². The number of pyridine rings is 1. The predicted octanol–water partition coefficient (Wildman–Crippen LogP) is 4.28. The Morgan fingerprint density at radius 3 is 2.62 bits per heavy atom. The lowest BCUT2D eigenvalue weighted by molar-refractivity contribution is -0.120. The van der Waals surface area contributed by atoms with E-state index in [-0.39, 0.29) is 29.7 Å². The number of ether oxygens (including phenoxy) is 2. The van der Waals surface area contributed by atoms with Crippen molar-refractivity contribution in [3.05, 3.63) is 82.8 Å². The van der Waals surface area contributed by atoms with Gasteiger partial charge >= 0.3 is 5.91 Å². The van der Waals surface area contributed by atoms with Crippen molar-refractivity contribution in [2.75, 3.05) is 26.8 Å². The van der Waals surface area contributed by atoms with Crippen molar-refractivity contribution in [1.29, 1.82) is 0 Å². The highest BCUT2D eigenvalue weighted by molar-refractivity contribution is 5.95. The zero-order chi connectivity index (χ0) is 26.9. The lowest BCUT2D eigenvalue weighted by atomic mass is 9.83. The van der Waals surface area contributed by atoms with Crippen LogP contribution in [0.5, 0.6) is 17.4 Å². The molecule has 2 atom stereocenters. The zero-order valence-corrected chi connectivity index (χ0v) is 21.6. The van der Waals surface area contributed by atoms with E-state index in [4.69, 9.17) is 9.47 Å². The number of methoxy groups -OCH3 is 1. The summed E-state index contributed by atoms with van der Waals surface area (Å²) in [4.78, 5) is 27.1. The van der Waals surface area contributed by atoms with Gasteiger partial charge < -0.3 is 19.1 Å². The summed E-state index contributed by atoms with van der Waals surface area (Å²) in [5.74, 6) is 1.21. The molecule has 1 saturated heterocycles. The number of nitrogens with zero attached hydrogens (tertiary/aromatic N) is 5. The Morgan fingerprint density at radius 1 is 1.00 bits per heavy atom. The second kappa shape index (κ2) is 10.4. The Balaban J connectivity index is 1.19. The molecule has 1 amide bonds. The van der Waals surface area contributed by atoms with E-state index in [1.807, 2.05) is 41.0 Å². The largest absolute Gasteiger partial charge is 0.497 e. The average molecular weight is 528 g/mol. The lowest BCUT2D eigenvalue weighted by Gasteiger charge is -2.42. The molecule has 0 spiro atoms. The van der Waals surface area contributed by atoms with Crippen molar-refractivity contribution in [1.82, 2.24) is 14.0 Å². The van der Waals surface area contributed by atoms with Crippen molar-refractivity contribution in [2.24, 2.45) is 16.1 Å². The first-order valence-electron chi connectivity index (χ1n) is 12.9. The van der Waals surface area contributed by atoms with E-state index >= 15 is 0 Å². The van der Waals surface area contributed by atoms with Gasteiger partial charge in [-0.05, 0) is 48.7 Å². The molecule has 2 aliphatic rings. The molecule has 2 aromatic carbocycles. The Labute approximate surface area is 224 Å². The van der Waals surface area contributed by atoms with Gasteiger partial charge in [-0.15, -0.1) is 10.2 Å².